The number of carboxylic acid groups (broad SMARTS) is 1. The van der Waals surface area contributed by atoms with Gasteiger partial charge in [0.05, 0.1) is 28.0 Å². The smallest absolute Gasteiger partial charge is 0.418 e. The van der Waals surface area contributed by atoms with Crippen LogP contribution in [-0.2, 0) is 6.18 Å². The highest BCUT2D eigenvalue weighted by atomic mass is 19.4. The van der Waals surface area contributed by atoms with Gasteiger partial charge in [-0.15, -0.1) is 0 Å². The predicted octanol–water partition coefficient (Wildman–Crippen LogP) is 3.95. The Morgan fingerprint density at radius 2 is 1.95 bits per heavy atom. The van der Waals surface area contributed by atoms with E-state index in [1.165, 1.54) is 18.2 Å². The summed E-state index contributed by atoms with van der Waals surface area (Å²) in [4.78, 5) is 17.4. The van der Waals surface area contributed by atoms with Gasteiger partial charge in [-0.3, -0.25) is 4.98 Å². The summed E-state index contributed by atoms with van der Waals surface area (Å²) in [6, 6.07) is 8.25. The first-order chi connectivity index (χ1) is 10.4. The average molecular weight is 306 g/mol. The molecule has 4 nitrogen and oxygen atoms in total. The summed E-state index contributed by atoms with van der Waals surface area (Å²) in [5.74, 6) is -1.12. The molecule has 0 unspecified atom stereocenters. The lowest BCUT2D eigenvalue weighted by atomic mass is 10.1. The third kappa shape index (κ3) is 2.41. The van der Waals surface area contributed by atoms with Crippen molar-refractivity contribution in [2.75, 3.05) is 0 Å². The Kier molecular flexibility index (Phi) is 3.13. The number of para-hydroxylation sites is 1. The van der Waals surface area contributed by atoms with Gasteiger partial charge < -0.3 is 10.1 Å². The predicted molar refractivity (Wildman–Crippen MR) is 73.5 cm³/mol. The van der Waals surface area contributed by atoms with Crippen molar-refractivity contribution in [3.05, 3.63) is 53.7 Å². The molecule has 2 N–H and O–H groups in total. The molecule has 0 atom stereocenters. The molecule has 0 spiro atoms. The maximum atomic E-state index is 13.0. The number of aromatic nitrogens is 2. The number of aromatic amines is 1. The van der Waals surface area contributed by atoms with Gasteiger partial charge in [-0.25, -0.2) is 4.79 Å². The number of alkyl halides is 3. The number of nitrogens with one attached hydrogen (secondary N) is 1. The van der Waals surface area contributed by atoms with E-state index < -0.39 is 17.7 Å². The van der Waals surface area contributed by atoms with Crippen molar-refractivity contribution in [1.82, 2.24) is 9.97 Å². The van der Waals surface area contributed by atoms with E-state index in [1.54, 1.807) is 12.1 Å². The normalized spacial score (nSPS) is 11.8. The summed E-state index contributed by atoms with van der Waals surface area (Å²) in [6.45, 7) is 0. The molecule has 1 aromatic carbocycles. The topological polar surface area (TPSA) is 66.0 Å². The molecule has 0 bridgehead atoms. The van der Waals surface area contributed by atoms with Crippen LogP contribution in [0, 0.1) is 0 Å². The van der Waals surface area contributed by atoms with E-state index in [2.05, 4.69) is 9.97 Å². The zero-order valence-corrected chi connectivity index (χ0v) is 11.0. The van der Waals surface area contributed by atoms with E-state index in [0.717, 1.165) is 12.3 Å². The van der Waals surface area contributed by atoms with Gasteiger partial charge in [-0.05, 0) is 24.3 Å². The first-order valence-electron chi connectivity index (χ1n) is 6.25. The van der Waals surface area contributed by atoms with E-state index in [4.69, 9.17) is 5.11 Å². The third-order valence-corrected chi connectivity index (χ3v) is 3.25. The zero-order valence-electron chi connectivity index (χ0n) is 11.0. The van der Waals surface area contributed by atoms with Crippen molar-refractivity contribution < 1.29 is 23.1 Å². The molecule has 0 aliphatic carbocycles. The van der Waals surface area contributed by atoms with E-state index in [9.17, 15) is 18.0 Å². The molecule has 0 saturated heterocycles. The monoisotopic (exact) mass is 306 g/mol. The highest BCUT2D eigenvalue weighted by molar-refractivity contribution is 5.89. The number of nitrogens with zero attached hydrogens (tertiary/aromatic N) is 1. The van der Waals surface area contributed by atoms with Crippen LogP contribution in [0.25, 0.3) is 22.3 Å². The highest BCUT2D eigenvalue weighted by Gasteiger charge is 2.33. The number of rotatable bonds is 2. The van der Waals surface area contributed by atoms with Crippen LogP contribution >= 0.6 is 0 Å². The number of hydrogen-bond donors (Lipinski definition) is 2. The average Bonchev–Trinajstić information content (AvgIpc) is 2.90. The third-order valence-electron chi connectivity index (χ3n) is 3.25. The molecule has 0 aliphatic heterocycles. The summed E-state index contributed by atoms with van der Waals surface area (Å²) in [6.07, 6.45) is -3.30. The fourth-order valence-electron chi connectivity index (χ4n) is 2.21. The maximum Gasteiger partial charge on any atom is 0.418 e. The second-order valence-corrected chi connectivity index (χ2v) is 4.69. The number of aromatic carboxylic acids is 1. The van der Waals surface area contributed by atoms with Crippen LogP contribution in [0.15, 0.2) is 42.6 Å². The molecule has 3 rings (SSSR count). The molecule has 0 amide bonds. The number of pyridine rings is 1. The van der Waals surface area contributed by atoms with Crippen molar-refractivity contribution >= 4 is 16.9 Å². The summed E-state index contributed by atoms with van der Waals surface area (Å²) in [5.41, 5.74) is 0.00122. The zero-order chi connectivity index (χ0) is 15.9. The van der Waals surface area contributed by atoms with Crippen molar-refractivity contribution in [2.24, 2.45) is 0 Å². The molecule has 22 heavy (non-hydrogen) atoms. The molecule has 0 fully saturated rings. The van der Waals surface area contributed by atoms with E-state index in [-0.39, 0.29) is 11.1 Å². The Morgan fingerprint density at radius 3 is 2.55 bits per heavy atom. The molecule has 0 radical (unpaired) electrons. The Bertz CT molecular complexity index is 851. The molecule has 0 saturated carbocycles. The van der Waals surface area contributed by atoms with Crippen molar-refractivity contribution in [1.29, 1.82) is 0 Å². The minimum Gasteiger partial charge on any atom is -0.478 e. The van der Waals surface area contributed by atoms with Crippen molar-refractivity contribution in [3.8, 4) is 11.4 Å². The van der Waals surface area contributed by atoms with Gasteiger partial charge in [0.25, 0.3) is 0 Å². The summed E-state index contributed by atoms with van der Waals surface area (Å²) in [7, 11) is 0. The number of fused-ring (bicyclic) bond motifs is 1. The first kappa shape index (κ1) is 14.1. The molecule has 0 aliphatic rings. The standard InChI is InChI=1S/C15H9F3N2O2/c16-15(17,18)10-3-1-2-8-6-12(20-13(8)10)11-5-4-9(7-19-11)14(21)22/h1-7,20H,(H,21,22). The lowest BCUT2D eigenvalue weighted by molar-refractivity contribution is -0.136. The Balaban J connectivity index is 2.11. The molecule has 112 valence electrons. The molecule has 2 aromatic heterocycles. The Labute approximate surface area is 122 Å². The number of carbonyl (C=O) groups is 1. The quantitative estimate of drug-likeness (QED) is 0.753. The van der Waals surface area contributed by atoms with Crippen LogP contribution in [0.3, 0.4) is 0 Å². The maximum absolute atomic E-state index is 13.0. The van der Waals surface area contributed by atoms with Crippen LogP contribution < -0.4 is 0 Å². The first-order valence-corrected chi connectivity index (χ1v) is 6.25. The van der Waals surface area contributed by atoms with Crippen LogP contribution in [0.2, 0.25) is 0 Å². The van der Waals surface area contributed by atoms with E-state index in [1.807, 2.05) is 0 Å². The minimum atomic E-state index is -4.46. The van der Waals surface area contributed by atoms with Crippen LogP contribution in [-0.4, -0.2) is 21.0 Å². The fraction of sp³-hybridized carbons (Fsp3) is 0.0667. The fourth-order valence-corrected chi connectivity index (χ4v) is 2.21. The SMILES string of the molecule is O=C(O)c1ccc(-c2cc3cccc(C(F)(F)F)c3[nH]2)nc1. The van der Waals surface area contributed by atoms with Crippen molar-refractivity contribution in [3.63, 3.8) is 0 Å². The molecule has 2 heterocycles. The molecule has 3 aromatic rings. The van der Waals surface area contributed by atoms with Gasteiger partial charge in [0.15, 0.2) is 0 Å². The summed E-state index contributed by atoms with van der Waals surface area (Å²) < 4.78 is 38.9. The molecule has 7 heteroatoms. The van der Waals surface area contributed by atoms with Gasteiger partial charge in [0.1, 0.15) is 0 Å². The Morgan fingerprint density at radius 1 is 1.18 bits per heavy atom. The lowest BCUT2D eigenvalue weighted by Crippen LogP contribution is -2.05. The largest absolute Gasteiger partial charge is 0.478 e. The van der Waals surface area contributed by atoms with E-state index >= 15 is 0 Å². The van der Waals surface area contributed by atoms with Gasteiger partial charge in [-0.1, -0.05) is 12.1 Å². The number of hydrogen-bond acceptors (Lipinski definition) is 2. The summed E-state index contributed by atoms with van der Waals surface area (Å²) >= 11 is 0. The van der Waals surface area contributed by atoms with Gasteiger partial charge in [-0.2, -0.15) is 13.2 Å². The number of benzene rings is 1. The van der Waals surface area contributed by atoms with Crippen LogP contribution in [0.4, 0.5) is 13.2 Å². The van der Waals surface area contributed by atoms with Gasteiger partial charge in [0, 0.05) is 11.6 Å². The minimum absolute atomic E-state index is 0.0100. The highest BCUT2D eigenvalue weighted by Crippen LogP contribution is 2.35. The van der Waals surface area contributed by atoms with E-state index in [0.29, 0.717) is 16.8 Å². The Hall–Kier alpha value is -2.83. The second kappa shape index (κ2) is 4.87. The van der Waals surface area contributed by atoms with Crippen molar-refractivity contribution in [2.45, 2.75) is 6.18 Å². The number of carboxylic acids is 1. The lowest BCUT2D eigenvalue weighted by Gasteiger charge is -2.07. The number of H-pyrrole nitrogens is 1. The number of halogens is 3. The van der Waals surface area contributed by atoms with Gasteiger partial charge >= 0.3 is 12.1 Å². The van der Waals surface area contributed by atoms with Crippen LogP contribution in [0.5, 0.6) is 0 Å². The van der Waals surface area contributed by atoms with Gasteiger partial charge in [0.2, 0.25) is 0 Å². The summed E-state index contributed by atoms with van der Waals surface area (Å²) in [5, 5.41) is 9.22. The second-order valence-electron chi connectivity index (χ2n) is 4.69. The molecular weight excluding hydrogens is 297 g/mol. The molecular formula is C15H9F3N2O2. The van der Waals surface area contributed by atoms with Crippen LogP contribution in [0.1, 0.15) is 15.9 Å².